The Bertz CT molecular complexity index is 439. The molecule has 17 heavy (non-hydrogen) atoms. The lowest BCUT2D eigenvalue weighted by Crippen LogP contribution is -2.40. The highest BCUT2D eigenvalue weighted by atomic mass is 35.5. The molecule has 0 aliphatic carbocycles. The molecule has 0 saturated carbocycles. The van der Waals surface area contributed by atoms with Crippen molar-refractivity contribution in [3.8, 4) is 0 Å². The number of hydrogen-bond acceptors (Lipinski definition) is 3. The molecule has 1 unspecified atom stereocenters. The molecule has 3 N–H and O–H groups in total. The number of benzene rings is 1. The second kappa shape index (κ2) is 4.65. The predicted octanol–water partition coefficient (Wildman–Crippen LogP) is 2.07. The van der Waals surface area contributed by atoms with E-state index in [0.29, 0.717) is 22.9 Å². The zero-order valence-electron chi connectivity index (χ0n) is 9.71. The van der Waals surface area contributed by atoms with Gasteiger partial charge in [0.25, 0.3) is 0 Å². The van der Waals surface area contributed by atoms with E-state index in [4.69, 9.17) is 28.9 Å². The van der Waals surface area contributed by atoms with E-state index in [0.717, 1.165) is 17.8 Å². The molecule has 94 valence electrons. The molecule has 1 aromatic carbocycles. The van der Waals surface area contributed by atoms with E-state index in [1.54, 1.807) is 6.07 Å². The van der Waals surface area contributed by atoms with Gasteiger partial charge >= 0.3 is 0 Å². The minimum absolute atomic E-state index is 0.235. The molecule has 0 bridgehead atoms. The molecular formula is C12H16Cl2N2O. The minimum Gasteiger partial charge on any atom is -0.388 e. The number of nitrogens with two attached hydrogens (primary N) is 1. The molecule has 0 aromatic heterocycles. The zero-order chi connectivity index (χ0) is 12.6. The number of halogens is 2. The van der Waals surface area contributed by atoms with Crippen molar-refractivity contribution in [1.82, 2.24) is 0 Å². The molecule has 0 radical (unpaired) electrons. The van der Waals surface area contributed by atoms with E-state index >= 15 is 0 Å². The van der Waals surface area contributed by atoms with Crippen LogP contribution in [0.3, 0.4) is 0 Å². The van der Waals surface area contributed by atoms with Crippen LogP contribution in [0.4, 0.5) is 5.69 Å². The van der Waals surface area contributed by atoms with Gasteiger partial charge in [-0.15, -0.1) is 0 Å². The van der Waals surface area contributed by atoms with Crippen LogP contribution in [0.15, 0.2) is 12.1 Å². The summed E-state index contributed by atoms with van der Waals surface area (Å²) in [5, 5.41) is 11.6. The monoisotopic (exact) mass is 274 g/mol. The second-order valence-electron chi connectivity index (χ2n) is 4.66. The van der Waals surface area contributed by atoms with Crippen LogP contribution in [0.2, 0.25) is 10.0 Å². The van der Waals surface area contributed by atoms with Crippen molar-refractivity contribution >= 4 is 28.9 Å². The summed E-state index contributed by atoms with van der Waals surface area (Å²) >= 11 is 12.2. The van der Waals surface area contributed by atoms with Gasteiger partial charge in [-0.1, -0.05) is 23.2 Å². The van der Waals surface area contributed by atoms with E-state index in [-0.39, 0.29) is 6.54 Å². The Morgan fingerprint density at radius 3 is 2.82 bits per heavy atom. The third-order valence-electron chi connectivity index (χ3n) is 3.35. The maximum Gasteiger partial charge on any atom is 0.0827 e. The largest absolute Gasteiger partial charge is 0.388 e. The molecule has 0 spiro atoms. The van der Waals surface area contributed by atoms with Gasteiger partial charge in [-0.25, -0.2) is 0 Å². The predicted molar refractivity (Wildman–Crippen MR) is 72.1 cm³/mol. The highest BCUT2D eigenvalue weighted by Gasteiger charge is 2.32. The summed E-state index contributed by atoms with van der Waals surface area (Å²) in [6.45, 7) is 0.969. The fraction of sp³-hybridized carbons (Fsp3) is 0.500. The van der Waals surface area contributed by atoms with E-state index in [1.165, 1.54) is 0 Å². The molecule has 5 heteroatoms. The Hall–Kier alpha value is -0.480. The fourth-order valence-corrected chi connectivity index (χ4v) is 2.74. The summed E-state index contributed by atoms with van der Waals surface area (Å²) in [5.74, 6) is 0. The lowest BCUT2D eigenvalue weighted by Gasteiger charge is -2.24. The lowest BCUT2D eigenvalue weighted by atomic mass is 9.92. The van der Waals surface area contributed by atoms with Crippen LogP contribution < -0.4 is 10.6 Å². The molecule has 1 heterocycles. The highest BCUT2D eigenvalue weighted by Crippen LogP contribution is 2.36. The number of rotatable bonds is 1. The lowest BCUT2D eigenvalue weighted by molar-refractivity contribution is 0.0449. The summed E-state index contributed by atoms with van der Waals surface area (Å²) in [4.78, 5) is 2.06. The SMILES string of the molecule is CN1CCC(O)(CN)Cc2c(Cl)cc(Cl)cc21. The van der Waals surface area contributed by atoms with Gasteiger partial charge in [-0.2, -0.15) is 0 Å². The third-order valence-corrected chi connectivity index (χ3v) is 3.90. The molecule has 0 fully saturated rings. The Kier molecular flexibility index (Phi) is 3.55. The van der Waals surface area contributed by atoms with Gasteiger partial charge in [0.2, 0.25) is 0 Å². The summed E-state index contributed by atoms with van der Waals surface area (Å²) in [6, 6.07) is 3.59. The van der Waals surface area contributed by atoms with E-state index in [1.807, 2.05) is 13.1 Å². The molecular weight excluding hydrogens is 259 g/mol. The van der Waals surface area contributed by atoms with E-state index in [9.17, 15) is 5.11 Å². The van der Waals surface area contributed by atoms with E-state index in [2.05, 4.69) is 4.90 Å². The van der Waals surface area contributed by atoms with Gasteiger partial charge in [0.1, 0.15) is 0 Å². The first-order valence-electron chi connectivity index (χ1n) is 5.57. The van der Waals surface area contributed by atoms with Gasteiger partial charge in [-0.3, -0.25) is 0 Å². The van der Waals surface area contributed by atoms with Crippen LogP contribution in [0.25, 0.3) is 0 Å². The Morgan fingerprint density at radius 2 is 2.18 bits per heavy atom. The van der Waals surface area contributed by atoms with Crippen molar-refractivity contribution in [1.29, 1.82) is 0 Å². The summed E-state index contributed by atoms with van der Waals surface area (Å²) in [6.07, 6.45) is 1.10. The maximum absolute atomic E-state index is 10.4. The molecule has 1 aliphatic heterocycles. The topological polar surface area (TPSA) is 49.5 Å². The minimum atomic E-state index is -0.878. The molecule has 1 aliphatic rings. The third kappa shape index (κ3) is 2.52. The number of anilines is 1. The number of fused-ring (bicyclic) bond motifs is 1. The first-order chi connectivity index (χ1) is 7.95. The first-order valence-corrected chi connectivity index (χ1v) is 6.32. The molecule has 0 saturated heterocycles. The zero-order valence-corrected chi connectivity index (χ0v) is 11.2. The van der Waals surface area contributed by atoms with Crippen LogP contribution >= 0.6 is 23.2 Å². The standard InChI is InChI=1S/C12H16Cl2N2O/c1-16-3-2-12(17,7-15)6-9-10(14)4-8(13)5-11(9)16/h4-5,17H,2-3,6-7,15H2,1H3. The van der Waals surface area contributed by atoms with Crippen molar-refractivity contribution in [2.24, 2.45) is 5.73 Å². The maximum atomic E-state index is 10.4. The fourth-order valence-electron chi connectivity index (χ4n) is 2.19. The van der Waals surface area contributed by atoms with Crippen LogP contribution in [-0.4, -0.2) is 30.8 Å². The molecule has 3 nitrogen and oxygen atoms in total. The van der Waals surface area contributed by atoms with E-state index < -0.39 is 5.60 Å². The molecule has 0 amide bonds. The van der Waals surface area contributed by atoms with Crippen LogP contribution in [0.1, 0.15) is 12.0 Å². The van der Waals surface area contributed by atoms with Crippen molar-refractivity contribution in [2.75, 3.05) is 25.0 Å². The van der Waals surface area contributed by atoms with Crippen LogP contribution in [0, 0.1) is 0 Å². The highest BCUT2D eigenvalue weighted by molar-refractivity contribution is 6.35. The van der Waals surface area contributed by atoms with Gasteiger partial charge in [0.05, 0.1) is 5.60 Å². The van der Waals surface area contributed by atoms with Gasteiger partial charge < -0.3 is 15.7 Å². The quantitative estimate of drug-likeness (QED) is 0.825. The average Bonchev–Trinajstić information content (AvgIpc) is 2.40. The van der Waals surface area contributed by atoms with Gasteiger partial charge in [0.15, 0.2) is 0 Å². The van der Waals surface area contributed by atoms with Gasteiger partial charge in [-0.05, 0) is 24.1 Å². The van der Waals surface area contributed by atoms with Gasteiger partial charge in [0, 0.05) is 42.3 Å². The Balaban J connectivity index is 2.51. The number of hydrogen-bond donors (Lipinski definition) is 2. The van der Waals surface area contributed by atoms with Crippen molar-refractivity contribution in [3.63, 3.8) is 0 Å². The smallest absolute Gasteiger partial charge is 0.0827 e. The molecule has 2 rings (SSSR count). The van der Waals surface area contributed by atoms with Crippen LogP contribution in [-0.2, 0) is 6.42 Å². The second-order valence-corrected chi connectivity index (χ2v) is 5.51. The number of aliphatic hydroxyl groups is 1. The van der Waals surface area contributed by atoms with Crippen LogP contribution in [0.5, 0.6) is 0 Å². The van der Waals surface area contributed by atoms with Crippen molar-refractivity contribution in [3.05, 3.63) is 27.7 Å². The summed E-state index contributed by atoms with van der Waals surface area (Å²) in [7, 11) is 1.97. The molecule has 1 aromatic rings. The van der Waals surface area contributed by atoms with Crippen molar-refractivity contribution < 1.29 is 5.11 Å². The first kappa shape index (κ1) is 13.0. The average molecular weight is 275 g/mol. The Labute approximate surface area is 111 Å². The van der Waals surface area contributed by atoms with Crippen molar-refractivity contribution in [2.45, 2.75) is 18.4 Å². The summed E-state index contributed by atoms with van der Waals surface area (Å²) < 4.78 is 0. The Morgan fingerprint density at radius 1 is 1.47 bits per heavy atom. The number of nitrogens with zero attached hydrogens (tertiary/aromatic N) is 1. The normalized spacial score (nSPS) is 24.4. The summed E-state index contributed by atoms with van der Waals surface area (Å²) in [5.41, 5.74) is 6.67. The molecule has 1 atom stereocenters.